The lowest BCUT2D eigenvalue weighted by atomic mass is 9.46. The molecule has 4 aliphatic rings. The Labute approximate surface area is 225 Å². The standard InChI is InChI=1S/C34H50O3/c1-21(2)7-6-8-22(3)29-13-14-30-27-11-9-24-19-23(28-20-25(35)10-12-26(28)32(36)37)15-17-33(24,4)31(27)16-18-34(29,30)5/h9-10,12,20-23,27,29-31,35H,6-8,11,13-19H2,1-5H3,(H,36,37)/t22-,23+,27+,29-,30+,31+,33+,34-/m1/s1. The number of allylic oxidation sites excluding steroid dienone is 2. The van der Waals surface area contributed by atoms with Crippen molar-refractivity contribution >= 4 is 5.97 Å². The molecular weight excluding hydrogens is 456 g/mol. The van der Waals surface area contributed by atoms with Crippen molar-refractivity contribution in [3.63, 3.8) is 0 Å². The van der Waals surface area contributed by atoms with Crippen molar-refractivity contribution in [2.75, 3.05) is 0 Å². The maximum atomic E-state index is 11.9. The van der Waals surface area contributed by atoms with Gasteiger partial charge in [0, 0.05) is 0 Å². The van der Waals surface area contributed by atoms with E-state index in [-0.39, 0.29) is 17.1 Å². The Morgan fingerprint density at radius 1 is 1.03 bits per heavy atom. The molecule has 0 aliphatic heterocycles. The first-order chi connectivity index (χ1) is 17.5. The molecule has 0 bridgehead atoms. The van der Waals surface area contributed by atoms with Crippen molar-refractivity contribution in [3.05, 3.63) is 41.0 Å². The Morgan fingerprint density at radius 2 is 1.81 bits per heavy atom. The zero-order valence-electron chi connectivity index (χ0n) is 23.9. The zero-order valence-corrected chi connectivity index (χ0v) is 23.9. The van der Waals surface area contributed by atoms with E-state index in [1.54, 1.807) is 17.7 Å². The van der Waals surface area contributed by atoms with Crippen LogP contribution in [0.15, 0.2) is 29.8 Å². The van der Waals surface area contributed by atoms with E-state index in [4.69, 9.17) is 0 Å². The molecule has 3 fully saturated rings. The summed E-state index contributed by atoms with van der Waals surface area (Å²) in [5.74, 6) is 4.46. The number of phenols is 1. The zero-order chi connectivity index (χ0) is 26.5. The highest BCUT2D eigenvalue weighted by Gasteiger charge is 2.59. The third-order valence-electron chi connectivity index (χ3n) is 12.0. The largest absolute Gasteiger partial charge is 0.508 e. The molecule has 4 aliphatic carbocycles. The number of aromatic hydroxyl groups is 1. The van der Waals surface area contributed by atoms with Crippen LogP contribution in [-0.4, -0.2) is 16.2 Å². The van der Waals surface area contributed by atoms with Crippen LogP contribution in [0.1, 0.15) is 127 Å². The lowest BCUT2D eigenvalue weighted by Crippen LogP contribution is -2.50. The van der Waals surface area contributed by atoms with Gasteiger partial charge in [-0.1, -0.05) is 65.5 Å². The minimum absolute atomic E-state index is 0.173. The van der Waals surface area contributed by atoms with Crippen molar-refractivity contribution < 1.29 is 15.0 Å². The van der Waals surface area contributed by atoms with Crippen LogP contribution in [-0.2, 0) is 0 Å². The molecule has 0 radical (unpaired) electrons. The molecule has 204 valence electrons. The highest BCUT2D eigenvalue weighted by atomic mass is 16.4. The van der Waals surface area contributed by atoms with Gasteiger partial charge in [-0.2, -0.15) is 0 Å². The summed E-state index contributed by atoms with van der Waals surface area (Å²) in [6.45, 7) is 12.5. The summed E-state index contributed by atoms with van der Waals surface area (Å²) < 4.78 is 0. The molecule has 0 unspecified atom stereocenters. The molecule has 3 nitrogen and oxygen atoms in total. The molecule has 1 aromatic carbocycles. The fraction of sp³-hybridized carbons (Fsp3) is 0.735. The fourth-order valence-corrected chi connectivity index (χ4v) is 10.0. The molecule has 8 atom stereocenters. The van der Waals surface area contributed by atoms with Crippen LogP contribution in [0.5, 0.6) is 5.75 Å². The van der Waals surface area contributed by atoms with Gasteiger partial charge in [0.05, 0.1) is 5.56 Å². The summed E-state index contributed by atoms with van der Waals surface area (Å²) >= 11 is 0. The third-order valence-corrected chi connectivity index (χ3v) is 12.0. The minimum atomic E-state index is -0.887. The first kappa shape index (κ1) is 26.8. The molecular formula is C34H50O3. The molecule has 0 spiro atoms. The van der Waals surface area contributed by atoms with Gasteiger partial charge in [0.15, 0.2) is 0 Å². The van der Waals surface area contributed by atoms with E-state index in [2.05, 4.69) is 40.7 Å². The molecule has 0 saturated heterocycles. The number of carbonyl (C=O) groups is 1. The molecule has 1 aromatic rings. The van der Waals surface area contributed by atoms with E-state index < -0.39 is 5.97 Å². The second-order valence-corrected chi connectivity index (χ2v) is 14.3. The number of benzene rings is 1. The second-order valence-electron chi connectivity index (χ2n) is 14.3. The van der Waals surface area contributed by atoms with Crippen molar-refractivity contribution in [3.8, 4) is 5.75 Å². The van der Waals surface area contributed by atoms with Crippen LogP contribution in [0.25, 0.3) is 0 Å². The van der Waals surface area contributed by atoms with Crippen LogP contribution < -0.4 is 0 Å². The number of carboxylic acids is 1. The summed E-state index contributed by atoms with van der Waals surface area (Å²) in [6, 6.07) is 4.79. The van der Waals surface area contributed by atoms with E-state index in [0.717, 1.165) is 60.3 Å². The van der Waals surface area contributed by atoms with Crippen molar-refractivity contribution in [1.82, 2.24) is 0 Å². The second kappa shape index (κ2) is 10.1. The number of rotatable bonds is 7. The molecule has 3 heteroatoms. The van der Waals surface area contributed by atoms with Crippen LogP contribution in [0.3, 0.4) is 0 Å². The van der Waals surface area contributed by atoms with Crippen LogP contribution in [0, 0.1) is 46.3 Å². The molecule has 2 N–H and O–H groups in total. The van der Waals surface area contributed by atoms with Gasteiger partial charge in [-0.15, -0.1) is 0 Å². The number of hydrogen-bond donors (Lipinski definition) is 2. The predicted octanol–water partition coefficient (Wildman–Crippen LogP) is 9.22. The van der Waals surface area contributed by atoms with Crippen molar-refractivity contribution in [2.45, 2.75) is 111 Å². The average Bonchev–Trinajstić information content (AvgIpc) is 3.20. The lowest BCUT2D eigenvalue weighted by molar-refractivity contribution is -0.0510. The van der Waals surface area contributed by atoms with Gasteiger partial charge in [0.2, 0.25) is 0 Å². The van der Waals surface area contributed by atoms with Gasteiger partial charge < -0.3 is 10.2 Å². The molecule has 0 heterocycles. The molecule has 3 saturated carbocycles. The van der Waals surface area contributed by atoms with Crippen molar-refractivity contribution in [2.24, 2.45) is 46.3 Å². The van der Waals surface area contributed by atoms with E-state index in [9.17, 15) is 15.0 Å². The fourth-order valence-electron chi connectivity index (χ4n) is 10.0. The average molecular weight is 507 g/mol. The van der Waals surface area contributed by atoms with Gasteiger partial charge in [0.25, 0.3) is 0 Å². The summed E-state index contributed by atoms with van der Waals surface area (Å²) in [5, 5.41) is 19.9. The number of carboxylic acid groups (broad SMARTS) is 1. The molecule has 0 aromatic heterocycles. The summed E-state index contributed by atoms with van der Waals surface area (Å²) in [6.07, 6.45) is 16.6. The number of phenolic OH excluding ortho intramolecular Hbond substituents is 1. The third kappa shape index (κ3) is 4.67. The summed E-state index contributed by atoms with van der Waals surface area (Å²) in [4.78, 5) is 11.9. The maximum Gasteiger partial charge on any atom is 0.335 e. The van der Waals surface area contributed by atoms with E-state index >= 15 is 0 Å². The predicted molar refractivity (Wildman–Crippen MR) is 151 cm³/mol. The molecule has 0 amide bonds. The highest BCUT2D eigenvalue weighted by Crippen LogP contribution is 2.68. The van der Waals surface area contributed by atoms with Gasteiger partial charge in [-0.25, -0.2) is 4.79 Å². The summed E-state index contributed by atoms with van der Waals surface area (Å²) in [7, 11) is 0. The molecule has 37 heavy (non-hydrogen) atoms. The first-order valence-corrected chi connectivity index (χ1v) is 15.3. The van der Waals surface area contributed by atoms with Crippen molar-refractivity contribution in [1.29, 1.82) is 0 Å². The topological polar surface area (TPSA) is 57.5 Å². The Morgan fingerprint density at radius 3 is 2.54 bits per heavy atom. The SMILES string of the molecule is CC(C)CCC[C@@H](C)[C@H]1CC[C@H]2[C@@H]3CC=C4C[C@@H](c5cc(O)ccc5C(=O)O)CC[C@]4(C)[C@H]3CC[C@]12C. The van der Waals surface area contributed by atoms with Gasteiger partial charge in [0.1, 0.15) is 5.75 Å². The van der Waals surface area contributed by atoms with Gasteiger partial charge in [-0.05, 0) is 127 Å². The number of fused-ring (bicyclic) bond motifs is 5. The first-order valence-electron chi connectivity index (χ1n) is 15.3. The Balaban J connectivity index is 1.33. The monoisotopic (exact) mass is 506 g/mol. The normalized spacial score (nSPS) is 37.9. The molecule has 5 rings (SSSR count). The Kier molecular flexibility index (Phi) is 7.31. The van der Waals surface area contributed by atoms with Crippen LogP contribution >= 0.6 is 0 Å². The lowest BCUT2D eigenvalue weighted by Gasteiger charge is -2.58. The highest BCUT2D eigenvalue weighted by molar-refractivity contribution is 5.90. The van der Waals surface area contributed by atoms with E-state index in [0.29, 0.717) is 11.0 Å². The van der Waals surface area contributed by atoms with E-state index in [1.807, 2.05) is 0 Å². The Hall–Kier alpha value is -1.77. The minimum Gasteiger partial charge on any atom is -0.508 e. The quantitative estimate of drug-likeness (QED) is 0.362. The summed E-state index contributed by atoms with van der Waals surface area (Å²) in [5.41, 5.74) is 3.51. The number of aromatic carboxylic acids is 1. The Bertz CT molecular complexity index is 1040. The van der Waals surface area contributed by atoms with Gasteiger partial charge >= 0.3 is 5.97 Å². The van der Waals surface area contributed by atoms with Crippen LogP contribution in [0.2, 0.25) is 0 Å². The van der Waals surface area contributed by atoms with Crippen LogP contribution in [0.4, 0.5) is 0 Å². The van der Waals surface area contributed by atoms with E-state index in [1.165, 1.54) is 57.4 Å². The number of hydrogen-bond acceptors (Lipinski definition) is 2. The smallest absolute Gasteiger partial charge is 0.335 e. The maximum absolute atomic E-state index is 11.9. The van der Waals surface area contributed by atoms with Gasteiger partial charge in [-0.3, -0.25) is 0 Å².